The SMILES string of the molecule is N=C(CCCCC(N)SC(=N)NC(=O)Cc1cccc(Cn2cccn2)c1)SC(=N)NC(=O)Cc1cccc(Cn2cccn2)c1. The Morgan fingerprint density at radius 2 is 1.28 bits per heavy atom. The van der Waals surface area contributed by atoms with Gasteiger partial charge in [0.1, 0.15) is 0 Å². The number of amides is 2. The summed E-state index contributed by atoms with van der Waals surface area (Å²) in [5, 5.41) is 37.8. The van der Waals surface area contributed by atoms with Gasteiger partial charge in [-0.25, -0.2) is 0 Å². The van der Waals surface area contributed by atoms with Gasteiger partial charge >= 0.3 is 0 Å². The number of rotatable bonds is 14. The summed E-state index contributed by atoms with van der Waals surface area (Å²) in [7, 11) is 0. The third-order valence-electron chi connectivity index (χ3n) is 6.66. The normalized spacial score (nSPS) is 11.5. The topological polar surface area (TPSA) is 191 Å². The van der Waals surface area contributed by atoms with Crippen molar-refractivity contribution < 1.29 is 9.59 Å². The van der Waals surface area contributed by atoms with Gasteiger partial charge in [-0.2, -0.15) is 10.2 Å². The summed E-state index contributed by atoms with van der Waals surface area (Å²) >= 11 is 2.02. The van der Waals surface area contributed by atoms with E-state index in [2.05, 4.69) is 20.8 Å². The van der Waals surface area contributed by atoms with Gasteiger partial charge in [-0.3, -0.25) is 35.2 Å². The van der Waals surface area contributed by atoms with Gasteiger partial charge in [-0.15, -0.1) is 0 Å². The third kappa shape index (κ3) is 12.5. The highest BCUT2D eigenvalue weighted by Crippen LogP contribution is 2.17. The minimum absolute atomic E-state index is 0.00215. The number of unbranched alkanes of at least 4 members (excludes halogenated alkanes) is 1. The van der Waals surface area contributed by atoms with Gasteiger partial charge in [0.2, 0.25) is 11.8 Å². The second-order valence-corrected chi connectivity index (χ2v) is 12.9. The number of carbonyl (C=O) groups excluding carboxylic acids is 2. The zero-order chi connectivity index (χ0) is 32.7. The lowest BCUT2D eigenvalue weighted by Crippen LogP contribution is -2.32. The molecule has 0 aliphatic carbocycles. The Bertz CT molecular complexity index is 1620. The van der Waals surface area contributed by atoms with E-state index in [9.17, 15) is 9.59 Å². The smallest absolute Gasteiger partial charge is 0.230 e. The van der Waals surface area contributed by atoms with Crippen LogP contribution in [0, 0.1) is 16.2 Å². The molecule has 2 heterocycles. The van der Waals surface area contributed by atoms with Crippen LogP contribution in [0.5, 0.6) is 0 Å². The van der Waals surface area contributed by atoms with Crippen LogP contribution in [0.2, 0.25) is 0 Å². The first-order valence-corrected chi connectivity index (χ1v) is 16.5. The molecular formula is C32H38N10O2S2. The van der Waals surface area contributed by atoms with Crippen LogP contribution in [-0.4, -0.2) is 52.1 Å². The van der Waals surface area contributed by atoms with Crippen molar-refractivity contribution in [2.24, 2.45) is 5.73 Å². The quantitative estimate of drug-likeness (QED) is 0.0502. The van der Waals surface area contributed by atoms with Gasteiger partial charge in [0.05, 0.1) is 36.3 Å². The Morgan fingerprint density at radius 1 is 0.761 bits per heavy atom. The number of carbonyl (C=O) groups is 2. The van der Waals surface area contributed by atoms with Gasteiger partial charge in [0.15, 0.2) is 10.3 Å². The molecule has 7 N–H and O–H groups in total. The summed E-state index contributed by atoms with van der Waals surface area (Å²) < 4.78 is 3.62. The lowest BCUT2D eigenvalue weighted by atomic mass is 10.1. The van der Waals surface area contributed by atoms with Crippen LogP contribution in [-0.2, 0) is 35.5 Å². The summed E-state index contributed by atoms with van der Waals surface area (Å²) in [5.41, 5.74) is 9.91. The van der Waals surface area contributed by atoms with Gasteiger partial charge in [0, 0.05) is 24.8 Å². The van der Waals surface area contributed by atoms with Crippen molar-refractivity contribution in [1.82, 2.24) is 30.2 Å². The standard InChI is InChI=1S/C32H38N10O2S2/c33-27(45-31(35)39-29(43)19-23-7-3-9-25(17-23)21-41-15-5-13-37-41)11-1-2-12-28(34)46-32(36)40-30(44)20-24-8-4-10-26(18-24)22-42-16-6-14-38-42/h3-10,13-18,27,34H,1-2,11-12,19-22,33H2,(H2,35,39,43)(H2,36,40,44). The van der Waals surface area contributed by atoms with E-state index in [1.165, 1.54) is 0 Å². The van der Waals surface area contributed by atoms with Gasteiger partial charge in [0.25, 0.3) is 0 Å². The van der Waals surface area contributed by atoms with E-state index in [0.717, 1.165) is 52.2 Å². The van der Waals surface area contributed by atoms with E-state index < -0.39 is 0 Å². The number of hydrogen-bond donors (Lipinski definition) is 6. The Hall–Kier alpha value is -4.53. The minimum atomic E-state index is -0.373. The van der Waals surface area contributed by atoms with Crippen LogP contribution in [0.25, 0.3) is 0 Å². The summed E-state index contributed by atoms with van der Waals surface area (Å²) in [5.74, 6) is -0.585. The maximum atomic E-state index is 12.5. The molecule has 1 unspecified atom stereocenters. The van der Waals surface area contributed by atoms with Gasteiger partial charge < -0.3 is 16.4 Å². The highest BCUT2D eigenvalue weighted by Gasteiger charge is 2.13. The van der Waals surface area contributed by atoms with Crippen LogP contribution < -0.4 is 16.4 Å². The van der Waals surface area contributed by atoms with Crippen molar-refractivity contribution in [3.05, 3.63) is 108 Å². The molecule has 2 aromatic heterocycles. The molecule has 0 aliphatic rings. The summed E-state index contributed by atoms with van der Waals surface area (Å²) in [6, 6.07) is 19.1. The second kappa shape index (κ2) is 17.8. The molecule has 0 aliphatic heterocycles. The Kier molecular flexibility index (Phi) is 13.3. The van der Waals surface area contributed by atoms with Crippen molar-refractivity contribution in [2.45, 2.75) is 57.0 Å². The third-order valence-corrected chi connectivity index (χ3v) is 8.30. The van der Waals surface area contributed by atoms with E-state index >= 15 is 0 Å². The van der Waals surface area contributed by atoms with E-state index in [1.54, 1.807) is 12.4 Å². The van der Waals surface area contributed by atoms with E-state index in [-0.39, 0.29) is 45.4 Å². The van der Waals surface area contributed by atoms with Crippen molar-refractivity contribution in [2.75, 3.05) is 0 Å². The number of hydrogen-bond acceptors (Lipinski definition) is 10. The maximum absolute atomic E-state index is 12.5. The second-order valence-electron chi connectivity index (χ2n) is 10.6. The van der Waals surface area contributed by atoms with E-state index in [0.29, 0.717) is 32.4 Å². The molecule has 2 aromatic carbocycles. The average Bonchev–Trinajstić information content (AvgIpc) is 3.70. The summed E-state index contributed by atoms with van der Waals surface area (Å²) in [4.78, 5) is 24.9. The molecule has 4 rings (SSSR count). The maximum Gasteiger partial charge on any atom is 0.230 e. The van der Waals surface area contributed by atoms with Crippen LogP contribution in [0.4, 0.5) is 0 Å². The molecule has 0 saturated carbocycles. The molecule has 4 aromatic rings. The minimum Gasteiger partial charge on any atom is -0.319 e. The zero-order valence-electron chi connectivity index (χ0n) is 25.3. The number of nitrogens with zero attached hydrogens (tertiary/aromatic N) is 4. The Morgan fingerprint density at radius 3 is 1.80 bits per heavy atom. The van der Waals surface area contributed by atoms with Crippen molar-refractivity contribution >= 4 is 50.7 Å². The molecule has 0 saturated heterocycles. The predicted molar refractivity (Wildman–Crippen MR) is 184 cm³/mol. The highest BCUT2D eigenvalue weighted by molar-refractivity contribution is 8.26. The molecule has 14 heteroatoms. The van der Waals surface area contributed by atoms with Gasteiger partial charge in [-0.1, -0.05) is 66.7 Å². The number of aromatic nitrogens is 4. The first-order chi connectivity index (χ1) is 22.2. The van der Waals surface area contributed by atoms with Gasteiger partial charge in [-0.05, 0) is 65.4 Å². The summed E-state index contributed by atoms with van der Waals surface area (Å²) in [6.45, 7) is 1.22. The number of thioether (sulfide) groups is 2. The summed E-state index contributed by atoms with van der Waals surface area (Å²) in [6.07, 6.45) is 9.93. The lowest BCUT2D eigenvalue weighted by Gasteiger charge is -2.13. The zero-order valence-corrected chi connectivity index (χ0v) is 26.9. The molecule has 12 nitrogen and oxygen atoms in total. The van der Waals surface area contributed by atoms with Crippen LogP contribution in [0.15, 0.2) is 85.5 Å². The van der Waals surface area contributed by atoms with Crippen LogP contribution in [0.1, 0.15) is 47.9 Å². The number of nitrogens with two attached hydrogens (primary N) is 1. The first-order valence-electron chi connectivity index (χ1n) is 14.8. The molecule has 240 valence electrons. The fraction of sp³-hybridized carbons (Fsp3) is 0.281. The fourth-order valence-corrected chi connectivity index (χ4v) is 6.04. The van der Waals surface area contributed by atoms with Crippen molar-refractivity contribution in [1.29, 1.82) is 16.2 Å². The van der Waals surface area contributed by atoms with Crippen LogP contribution >= 0.6 is 23.5 Å². The van der Waals surface area contributed by atoms with Crippen molar-refractivity contribution in [3.63, 3.8) is 0 Å². The molecular weight excluding hydrogens is 621 g/mol. The van der Waals surface area contributed by atoms with Crippen LogP contribution in [0.3, 0.4) is 0 Å². The number of benzene rings is 2. The molecule has 0 spiro atoms. The van der Waals surface area contributed by atoms with E-state index in [1.807, 2.05) is 82.4 Å². The average molecular weight is 659 g/mol. The van der Waals surface area contributed by atoms with Crippen molar-refractivity contribution in [3.8, 4) is 0 Å². The van der Waals surface area contributed by atoms with E-state index in [4.69, 9.17) is 22.0 Å². The first kappa shape index (κ1) is 34.3. The molecule has 0 fully saturated rings. The highest BCUT2D eigenvalue weighted by atomic mass is 32.2. The molecule has 46 heavy (non-hydrogen) atoms. The Balaban J connectivity index is 1.06. The predicted octanol–water partition coefficient (Wildman–Crippen LogP) is 4.35. The Labute approximate surface area is 276 Å². The number of amidine groups is 2. The molecule has 0 bridgehead atoms. The number of nitrogens with one attached hydrogen (secondary N) is 5. The monoisotopic (exact) mass is 658 g/mol. The molecule has 0 radical (unpaired) electrons. The largest absolute Gasteiger partial charge is 0.319 e. The molecule has 2 amide bonds. The fourth-order valence-electron chi connectivity index (χ4n) is 4.62. The lowest BCUT2D eigenvalue weighted by molar-refractivity contribution is -0.119. The molecule has 1 atom stereocenters.